The maximum absolute atomic E-state index is 5.84. The van der Waals surface area contributed by atoms with Crippen molar-refractivity contribution in [3.05, 3.63) is 65.2 Å². The van der Waals surface area contributed by atoms with Crippen LogP contribution in [-0.4, -0.2) is 25.9 Å². The molecule has 0 atom stereocenters. The molecule has 0 aliphatic heterocycles. The molecule has 0 aliphatic carbocycles. The van der Waals surface area contributed by atoms with E-state index in [0.29, 0.717) is 12.5 Å². The maximum Gasteiger partial charge on any atom is 0.138 e. The minimum atomic E-state index is 0.548. The number of thioether (sulfide) groups is 1. The quantitative estimate of drug-likeness (QED) is 0.195. The molecule has 0 aliphatic rings. The Morgan fingerprint density at radius 3 is 2.31 bits per heavy atom. The second-order valence-corrected chi connectivity index (χ2v) is 6.59. The van der Waals surface area contributed by atoms with Crippen LogP contribution in [0.4, 0.5) is 0 Å². The zero-order valence-electron chi connectivity index (χ0n) is 15.7. The van der Waals surface area contributed by atoms with Gasteiger partial charge in [0.1, 0.15) is 31.2 Å². The Morgan fingerprint density at radius 2 is 1.69 bits per heavy atom. The van der Waals surface area contributed by atoms with Crippen LogP contribution in [0, 0.1) is 13.8 Å². The number of hydrogen-bond acceptors (Lipinski definition) is 5. The van der Waals surface area contributed by atoms with E-state index in [0.717, 1.165) is 17.1 Å². The van der Waals surface area contributed by atoms with Crippen molar-refractivity contribution >= 4 is 18.0 Å². The third-order valence-electron chi connectivity index (χ3n) is 3.63. The van der Waals surface area contributed by atoms with E-state index < -0.39 is 0 Å². The van der Waals surface area contributed by atoms with Gasteiger partial charge in [0.15, 0.2) is 0 Å². The van der Waals surface area contributed by atoms with Crippen molar-refractivity contribution < 1.29 is 14.3 Å². The second kappa shape index (κ2) is 10.6. The van der Waals surface area contributed by atoms with Gasteiger partial charge in [0, 0.05) is 4.90 Å². The zero-order valence-corrected chi connectivity index (χ0v) is 16.5. The van der Waals surface area contributed by atoms with Crippen LogP contribution in [0.2, 0.25) is 0 Å². The van der Waals surface area contributed by atoms with E-state index in [1.807, 2.05) is 43.3 Å². The van der Waals surface area contributed by atoms with Crippen LogP contribution in [0.25, 0.3) is 0 Å². The van der Waals surface area contributed by atoms with E-state index >= 15 is 0 Å². The average molecular weight is 372 g/mol. The first kappa shape index (κ1) is 19.9. The van der Waals surface area contributed by atoms with E-state index in [2.05, 4.69) is 36.0 Å². The van der Waals surface area contributed by atoms with Crippen molar-refractivity contribution in [1.29, 1.82) is 0 Å². The van der Waals surface area contributed by atoms with Crippen molar-refractivity contribution in [3.63, 3.8) is 0 Å². The number of oxime groups is 1. The van der Waals surface area contributed by atoms with Crippen LogP contribution in [0.1, 0.15) is 23.6 Å². The first-order valence-electron chi connectivity index (χ1n) is 8.41. The lowest BCUT2D eigenvalue weighted by Gasteiger charge is -2.13. The number of nitrogens with zero attached hydrogens (tertiary/aromatic N) is 1. The Bertz CT molecular complexity index is 731. The zero-order chi connectivity index (χ0) is 18.8. The number of rotatable bonds is 9. The Morgan fingerprint density at radius 1 is 1.00 bits per heavy atom. The van der Waals surface area contributed by atoms with Gasteiger partial charge in [-0.25, -0.2) is 0 Å². The Balaban J connectivity index is 1.91. The molecule has 0 radical (unpaired) electrons. The summed E-state index contributed by atoms with van der Waals surface area (Å²) in [4.78, 5) is 5.90. The Kier molecular flexibility index (Phi) is 8.09. The standard InChI is InChI=1S/C21H25NO3S/c1-5-6-11-24-20-12-16(2)21(17(3)13-20)26-15-25-19-9-7-18(8-10-19)14-22-23-4/h5-10,12-14H,11,15H2,1-4H3/b6-5+,22-14+. The van der Waals surface area contributed by atoms with Gasteiger partial charge in [-0.2, -0.15) is 0 Å². The molecule has 2 rings (SSSR count). The number of ether oxygens (including phenoxy) is 2. The van der Waals surface area contributed by atoms with E-state index in [9.17, 15) is 0 Å². The number of aryl methyl sites for hydroxylation is 2. The molecule has 0 saturated carbocycles. The smallest absolute Gasteiger partial charge is 0.138 e. The summed E-state index contributed by atoms with van der Waals surface area (Å²) < 4.78 is 11.6. The molecule has 0 amide bonds. The van der Waals surface area contributed by atoms with E-state index in [4.69, 9.17) is 9.47 Å². The predicted molar refractivity (Wildman–Crippen MR) is 109 cm³/mol. The van der Waals surface area contributed by atoms with Crippen LogP contribution in [0.3, 0.4) is 0 Å². The van der Waals surface area contributed by atoms with Gasteiger partial charge < -0.3 is 14.3 Å². The molecule has 0 spiro atoms. The van der Waals surface area contributed by atoms with Crippen molar-refractivity contribution in [2.45, 2.75) is 25.7 Å². The largest absolute Gasteiger partial charge is 0.490 e. The summed E-state index contributed by atoms with van der Waals surface area (Å²) in [5, 5.41) is 3.74. The van der Waals surface area contributed by atoms with Crippen LogP contribution >= 0.6 is 11.8 Å². The van der Waals surface area contributed by atoms with Gasteiger partial charge in [-0.1, -0.05) is 29.1 Å². The van der Waals surface area contributed by atoms with E-state index in [1.54, 1.807) is 18.0 Å². The summed E-state index contributed by atoms with van der Waals surface area (Å²) in [6.07, 6.45) is 5.64. The minimum absolute atomic E-state index is 0.548. The molecule has 138 valence electrons. The van der Waals surface area contributed by atoms with Crippen molar-refractivity contribution in [2.75, 3.05) is 19.7 Å². The van der Waals surface area contributed by atoms with Gasteiger partial charge in [-0.05, 0) is 73.9 Å². The van der Waals surface area contributed by atoms with Gasteiger partial charge in [-0.3, -0.25) is 0 Å². The van der Waals surface area contributed by atoms with Crippen molar-refractivity contribution in [3.8, 4) is 11.5 Å². The highest BCUT2D eigenvalue weighted by molar-refractivity contribution is 7.99. The predicted octanol–water partition coefficient (Wildman–Crippen LogP) is 5.37. The first-order valence-corrected chi connectivity index (χ1v) is 9.40. The summed E-state index contributed by atoms with van der Waals surface area (Å²) in [6.45, 7) is 6.78. The summed E-state index contributed by atoms with van der Waals surface area (Å²) in [5.41, 5.74) is 3.35. The summed E-state index contributed by atoms with van der Waals surface area (Å²) in [6, 6.07) is 11.9. The van der Waals surface area contributed by atoms with Gasteiger partial charge >= 0.3 is 0 Å². The number of hydrogen-bond donors (Lipinski definition) is 0. The van der Waals surface area contributed by atoms with Crippen LogP contribution in [0.15, 0.2) is 58.6 Å². The molecule has 2 aromatic rings. The molecule has 0 fully saturated rings. The van der Waals surface area contributed by atoms with Gasteiger partial charge in [-0.15, -0.1) is 0 Å². The fourth-order valence-electron chi connectivity index (χ4n) is 2.38. The maximum atomic E-state index is 5.84. The molecule has 0 aromatic heterocycles. The molecule has 2 aromatic carbocycles. The molecule has 26 heavy (non-hydrogen) atoms. The topological polar surface area (TPSA) is 40.0 Å². The summed E-state index contributed by atoms with van der Waals surface area (Å²) in [5.74, 6) is 2.27. The Hall–Kier alpha value is -2.40. The molecule has 4 nitrogen and oxygen atoms in total. The molecule has 0 unspecified atom stereocenters. The van der Waals surface area contributed by atoms with E-state index in [1.165, 1.54) is 23.1 Å². The number of benzene rings is 2. The molecule has 0 bridgehead atoms. The highest BCUT2D eigenvalue weighted by Crippen LogP contribution is 2.30. The highest BCUT2D eigenvalue weighted by Gasteiger charge is 2.07. The molecule has 5 heteroatoms. The fraction of sp³-hybridized carbons (Fsp3) is 0.286. The third-order valence-corrected chi connectivity index (χ3v) is 4.80. The lowest BCUT2D eigenvalue weighted by Crippen LogP contribution is -1.98. The van der Waals surface area contributed by atoms with Crippen LogP contribution in [-0.2, 0) is 4.84 Å². The van der Waals surface area contributed by atoms with Gasteiger partial charge in [0.25, 0.3) is 0 Å². The van der Waals surface area contributed by atoms with Crippen LogP contribution in [0.5, 0.6) is 11.5 Å². The molecule has 0 N–H and O–H groups in total. The molecule has 0 saturated heterocycles. The monoisotopic (exact) mass is 371 g/mol. The second-order valence-electron chi connectivity index (χ2n) is 5.66. The van der Waals surface area contributed by atoms with E-state index in [-0.39, 0.29) is 0 Å². The normalized spacial score (nSPS) is 11.2. The third kappa shape index (κ3) is 6.15. The van der Waals surface area contributed by atoms with Gasteiger partial charge in [0.2, 0.25) is 0 Å². The fourth-order valence-corrected chi connectivity index (χ4v) is 3.27. The van der Waals surface area contributed by atoms with Crippen LogP contribution < -0.4 is 9.47 Å². The minimum Gasteiger partial charge on any atom is -0.490 e. The lowest BCUT2D eigenvalue weighted by atomic mass is 10.1. The summed E-state index contributed by atoms with van der Waals surface area (Å²) >= 11 is 1.69. The average Bonchev–Trinajstić information content (AvgIpc) is 2.63. The van der Waals surface area contributed by atoms with Gasteiger partial charge in [0.05, 0.1) is 6.21 Å². The Labute approximate surface area is 159 Å². The lowest BCUT2D eigenvalue weighted by molar-refractivity contribution is 0.215. The number of allylic oxidation sites excluding steroid dienone is 1. The summed E-state index contributed by atoms with van der Waals surface area (Å²) in [7, 11) is 1.52. The van der Waals surface area contributed by atoms with Crippen molar-refractivity contribution in [2.24, 2.45) is 5.16 Å². The molecule has 0 heterocycles. The van der Waals surface area contributed by atoms with Crippen molar-refractivity contribution in [1.82, 2.24) is 0 Å². The molecular weight excluding hydrogens is 346 g/mol. The molecular formula is C21H25NO3S. The SMILES string of the molecule is C/C=C/COc1cc(C)c(SCOc2ccc(/C=N/OC)cc2)c(C)c1. The highest BCUT2D eigenvalue weighted by atomic mass is 32.2. The first-order chi connectivity index (χ1) is 12.6.